The van der Waals surface area contributed by atoms with Crippen LogP contribution in [0.4, 0.5) is 4.39 Å². The highest BCUT2D eigenvalue weighted by Gasteiger charge is 2.06. The van der Waals surface area contributed by atoms with Gasteiger partial charge >= 0.3 is 0 Å². The average molecular weight is 261 g/mol. The van der Waals surface area contributed by atoms with Gasteiger partial charge in [0.1, 0.15) is 5.82 Å². The third-order valence-corrected chi connectivity index (χ3v) is 3.67. The zero-order valence-corrected chi connectivity index (χ0v) is 10.7. The molecule has 0 spiro atoms. The molecular formula is C18H12FN. The Morgan fingerprint density at radius 3 is 2.15 bits per heavy atom. The molecule has 0 saturated heterocycles. The SMILES string of the molecule is Fc1ccc2[nH]c3ccc(-c4ccccc4)cc3c2c1. The van der Waals surface area contributed by atoms with Crippen molar-refractivity contribution < 1.29 is 4.39 Å². The van der Waals surface area contributed by atoms with Crippen molar-refractivity contribution in [2.24, 2.45) is 0 Å². The molecule has 4 aromatic rings. The summed E-state index contributed by atoms with van der Waals surface area (Å²) >= 11 is 0. The Balaban J connectivity index is 2.03. The fraction of sp³-hybridized carbons (Fsp3) is 0. The zero-order chi connectivity index (χ0) is 13.5. The van der Waals surface area contributed by atoms with Gasteiger partial charge in [0, 0.05) is 21.8 Å². The lowest BCUT2D eigenvalue weighted by molar-refractivity contribution is 0.630. The number of hydrogen-bond acceptors (Lipinski definition) is 0. The quantitative estimate of drug-likeness (QED) is 0.489. The van der Waals surface area contributed by atoms with Crippen LogP contribution in [-0.4, -0.2) is 4.98 Å². The lowest BCUT2D eigenvalue weighted by Gasteiger charge is -2.01. The van der Waals surface area contributed by atoms with Crippen molar-refractivity contribution in [3.63, 3.8) is 0 Å². The molecule has 0 aliphatic carbocycles. The Bertz CT molecular complexity index is 907. The number of aromatic nitrogens is 1. The molecule has 0 atom stereocenters. The normalized spacial score (nSPS) is 11.2. The molecule has 0 amide bonds. The van der Waals surface area contributed by atoms with Gasteiger partial charge in [0.2, 0.25) is 0 Å². The largest absolute Gasteiger partial charge is 0.355 e. The number of H-pyrrole nitrogens is 1. The molecular weight excluding hydrogens is 249 g/mol. The summed E-state index contributed by atoms with van der Waals surface area (Å²) in [6, 6.07) is 21.3. The van der Waals surface area contributed by atoms with Gasteiger partial charge < -0.3 is 4.98 Å². The van der Waals surface area contributed by atoms with Gasteiger partial charge in [-0.25, -0.2) is 4.39 Å². The van der Waals surface area contributed by atoms with Crippen LogP contribution in [0.2, 0.25) is 0 Å². The van der Waals surface area contributed by atoms with Gasteiger partial charge in [0.15, 0.2) is 0 Å². The standard InChI is InChI=1S/C18H12FN/c19-14-7-9-18-16(11-14)15-10-13(6-8-17(15)20-18)12-4-2-1-3-5-12/h1-11,20H. The summed E-state index contributed by atoms with van der Waals surface area (Å²) in [5, 5.41) is 1.98. The molecule has 0 saturated carbocycles. The van der Waals surface area contributed by atoms with Crippen LogP contribution in [0.5, 0.6) is 0 Å². The Hall–Kier alpha value is -2.61. The third-order valence-electron chi connectivity index (χ3n) is 3.67. The molecule has 4 rings (SSSR count). The number of hydrogen-bond donors (Lipinski definition) is 1. The van der Waals surface area contributed by atoms with Crippen LogP contribution < -0.4 is 0 Å². The van der Waals surface area contributed by atoms with Crippen LogP contribution in [0.15, 0.2) is 66.7 Å². The summed E-state index contributed by atoms with van der Waals surface area (Å²) in [6.07, 6.45) is 0. The second-order valence-electron chi connectivity index (χ2n) is 4.94. The Morgan fingerprint density at radius 2 is 1.35 bits per heavy atom. The first-order valence-corrected chi connectivity index (χ1v) is 6.58. The van der Waals surface area contributed by atoms with Crippen LogP contribution in [-0.2, 0) is 0 Å². The smallest absolute Gasteiger partial charge is 0.123 e. The Morgan fingerprint density at radius 1 is 0.650 bits per heavy atom. The van der Waals surface area contributed by atoms with Crippen molar-refractivity contribution in [1.82, 2.24) is 4.98 Å². The Kier molecular flexibility index (Phi) is 2.36. The predicted octanol–water partition coefficient (Wildman–Crippen LogP) is 5.13. The summed E-state index contributed by atoms with van der Waals surface area (Å²) in [5.41, 5.74) is 4.31. The van der Waals surface area contributed by atoms with Crippen molar-refractivity contribution in [3.8, 4) is 11.1 Å². The van der Waals surface area contributed by atoms with E-state index in [-0.39, 0.29) is 5.82 Å². The van der Waals surface area contributed by atoms with E-state index in [1.165, 1.54) is 11.6 Å². The van der Waals surface area contributed by atoms with Crippen molar-refractivity contribution in [2.75, 3.05) is 0 Å². The van der Waals surface area contributed by atoms with E-state index >= 15 is 0 Å². The van der Waals surface area contributed by atoms with Crippen LogP contribution in [0, 0.1) is 5.82 Å². The van der Waals surface area contributed by atoms with Gasteiger partial charge in [-0.2, -0.15) is 0 Å². The summed E-state index contributed by atoms with van der Waals surface area (Å²) in [7, 11) is 0. The van der Waals surface area contributed by atoms with E-state index in [0.717, 1.165) is 27.4 Å². The molecule has 1 heterocycles. The highest BCUT2D eigenvalue weighted by atomic mass is 19.1. The molecule has 1 nitrogen and oxygen atoms in total. The highest BCUT2D eigenvalue weighted by Crippen LogP contribution is 2.30. The van der Waals surface area contributed by atoms with Crippen LogP contribution in [0.1, 0.15) is 0 Å². The summed E-state index contributed by atoms with van der Waals surface area (Å²) in [6.45, 7) is 0. The van der Waals surface area contributed by atoms with Crippen LogP contribution in [0.3, 0.4) is 0 Å². The molecule has 3 aromatic carbocycles. The van der Waals surface area contributed by atoms with E-state index in [2.05, 4.69) is 35.3 Å². The summed E-state index contributed by atoms with van der Waals surface area (Å²) in [4.78, 5) is 3.32. The number of aromatic amines is 1. The summed E-state index contributed by atoms with van der Waals surface area (Å²) < 4.78 is 13.5. The summed E-state index contributed by atoms with van der Waals surface area (Å²) in [5.74, 6) is -0.205. The second kappa shape index (κ2) is 4.20. The van der Waals surface area contributed by atoms with Gasteiger partial charge in [-0.3, -0.25) is 0 Å². The fourth-order valence-electron chi connectivity index (χ4n) is 2.68. The van der Waals surface area contributed by atoms with Gasteiger partial charge in [-0.15, -0.1) is 0 Å². The number of rotatable bonds is 1. The van der Waals surface area contributed by atoms with Gasteiger partial charge in [-0.1, -0.05) is 36.4 Å². The number of halogens is 1. The molecule has 0 aliphatic heterocycles. The molecule has 2 heteroatoms. The van der Waals surface area contributed by atoms with E-state index in [0.29, 0.717) is 0 Å². The maximum absolute atomic E-state index is 13.5. The maximum Gasteiger partial charge on any atom is 0.123 e. The molecule has 20 heavy (non-hydrogen) atoms. The first-order chi connectivity index (χ1) is 9.81. The van der Waals surface area contributed by atoms with Crippen molar-refractivity contribution in [3.05, 3.63) is 72.5 Å². The topological polar surface area (TPSA) is 15.8 Å². The van der Waals surface area contributed by atoms with E-state index in [9.17, 15) is 4.39 Å². The predicted molar refractivity (Wildman–Crippen MR) is 81.2 cm³/mol. The van der Waals surface area contributed by atoms with E-state index < -0.39 is 0 Å². The van der Waals surface area contributed by atoms with E-state index in [1.54, 1.807) is 12.1 Å². The van der Waals surface area contributed by atoms with Crippen molar-refractivity contribution in [2.45, 2.75) is 0 Å². The highest BCUT2D eigenvalue weighted by molar-refractivity contribution is 6.08. The molecule has 0 fully saturated rings. The monoisotopic (exact) mass is 261 g/mol. The van der Waals surface area contributed by atoms with Crippen LogP contribution >= 0.6 is 0 Å². The number of fused-ring (bicyclic) bond motifs is 3. The zero-order valence-electron chi connectivity index (χ0n) is 10.7. The van der Waals surface area contributed by atoms with Gasteiger partial charge in [0.25, 0.3) is 0 Å². The molecule has 96 valence electrons. The minimum atomic E-state index is -0.205. The van der Waals surface area contributed by atoms with Crippen molar-refractivity contribution in [1.29, 1.82) is 0 Å². The second-order valence-corrected chi connectivity index (χ2v) is 4.94. The number of benzene rings is 3. The minimum absolute atomic E-state index is 0.205. The minimum Gasteiger partial charge on any atom is -0.355 e. The lowest BCUT2D eigenvalue weighted by atomic mass is 10.0. The average Bonchev–Trinajstić information content (AvgIpc) is 2.85. The van der Waals surface area contributed by atoms with Crippen LogP contribution in [0.25, 0.3) is 32.9 Å². The first kappa shape index (κ1) is 11.2. The van der Waals surface area contributed by atoms with E-state index in [1.807, 2.05) is 18.2 Å². The van der Waals surface area contributed by atoms with E-state index in [4.69, 9.17) is 0 Å². The molecule has 1 N–H and O–H groups in total. The first-order valence-electron chi connectivity index (χ1n) is 6.58. The molecule has 0 radical (unpaired) electrons. The molecule has 0 bridgehead atoms. The van der Waals surface area contributed by atoms with Crippen molar-refractivity contribution >= 4 is 21.8 Å². The molecule has 0 aliphatic rings. The molecule has 1 aromatic heterocycles. The molecule has 0 unspecified atom stereocenters. The van der Waals surface area contributed by atoms with Gasteiger partial charge in [-0.05, 0) is 41.5 Å². The Labute approximate surface area is 115 Å². The lowest BCUT2D eigenvalue weighted by Crippen LogP contribution is -1.77. The van der Waals surface area contributed by atoms with Gasteiger partial charge in [0.05, 0.1) is 0 Å². The third kappa shape index (κ3) is 1.69. The maximum atomic E-state index is 13.5. The fourth-order valence-corrected chi connectivity index (χ4v) is 2.68. The number of nitrogens with one attached hydrogen (secondary N) is 1.